The molecule has 1 unspecified atom stereocenters. The van der Waals surface area contributed by atoms with Gasteiger partial charge in [-0.1, -0.05) is 46.6 Å². The van der Waals surface area contributed by atoms with E-state index in [0.717, 1.165) is 12.1 Å². The predicted octanol–water partition coefficient (Wildman–Crippen LogP) is 6.49. The van der Waals surface area contributed by atoms with Crippen LogP contribution < -0.4 is 4.90 Å². The van der Waals surface area contributed by atoms with Gasteiger partial charge < -0.3 is 4.90 Å². The van der Waals surface area contributed by atoms with Gasteiger partial charge in [0.25, 0.3) is 0 Å². The van der Waals surface area contributed by atoms with Crippen molar-refractivity contribution in [1.29, 1.82) is 0 Å². The molecular formula is C11H4Cl3F6NS. The van der Waals surface area contributed by atoms with E-state index in [2.05, 4.69) is 0 Å². The molecule has 1 atom stereocenters. The molecule has 0 spiro atoms. The molecule has 0 bridgehead atoms. The minimum atomic E-state index is -5.00. The van der Waals surface area contributed by atoms with E-state index in [9.17, 15) is 26.3 Å². The molecule has 1 aromatic rings. The Morgan fingerprint density at radius 1 is 0.955 bits per heavy atom. The van der Waals surface area contributed by atoms with Crippen LogP contribution in [0.25, 0.3) is 0 Å². The summed E-state index contributed by atoms with van der Waals surface area (Å²) in [5.41, 5.74) is -2.09. The van der Waals surface area contributed by atoms with E-state index in [0.29, 0.717) is 5.41 Å². The summed E-state index contributed by atoms with van der Waals surface area (Å²) in [5.74, 6) is 0. The number of anilines is 1. The van der Waals surface area contributed by atoms with Crippen molar-refractivity contribution in [1.82, 2.24) is 0 Å². The van der Waals surface area contributed by atoms with Crippen molar-refractivity contribution in [2.45, 2.75) is 17.7 Å². The molecule has 1 aromatic carbocycles. The van der Waals surface area contributed by atoms with Crippen molar-refractivity contribution in [3.05, 3.63) is 38.3 Å². The summed E-state index contributed by atoms with van der Waals surface area (Å²) in [6.07, 6.45) is -9.93. The van der Waals surface area contributed by atoms with Crippen molar-refractivity contribution < 1.29 is 26.3 Å². The van der Waals surface area contributed by atoms with E-state index in [1.165, 1.54) is 0 Å². The molecule has 0 aliphatic carbocycles. The van der Waals surface area contributed by atoms with Gasteiger partial charge in [-0.15, -0.1) is 0 Å². The third-order valence-electron chi connectivity index (χ3n) is 2.60. The van der Waals surface area contributed by atoms with Crippen LogP contribution in [0.1, 0.15) is 0 Å². The van der Waals surface area contributed by atoms with Gasteiger partial charge in [-0.3, -0.25) is 0 Å². The predicted molar refractivity (Wildman–Crippen MR) is 75.5 cm³/mol. The zero-order valence-corrected chi connectivity index (χ0v) is 13.2. The molecule has 1 aliphatic heterocycles. The van der Waals surface area contributed by atoms with Gasteiger partial charge in [-0.05, 0) is 12.1 Å². The highest BCUT2D eigenvalue weighted by Gasteiger charge is 2.54. The van der Waals surface area contributed by atoms with Crippen LogP contribution in [0.2, 0.25) is 15.1 Å². The number of hydrogen-bond acceptors (Lipinski definition) is 2. The average molecular weight is 403 g/mol. The van der Waals surface area contributed by atoms with Gasteiger partial charge >= 0.3 is 12.4 Å². The van der Waals surface area contributed by atoms with Gasteiger partial charge in [-0.25, -0.2) is 0 Å². The van der Waals surface area contributed by atoms with Crippen LogP contribution in [0.3, 0.4) is 0 Å². The molecule has 1 nitrogen and oxygen atoms in total. The van der Waals surface area contributed by atoms with Crippen molar-refractivity contribution >= 4 is 52.3 Å². The van der Waals surface area contributed by atoms with E-state index in [4.69, 9.17) is 34.8 Å². The lowest BCUT2D eigenvalue weighted by Crippen LogP contribution is -2.43. The molecular weight excluding hydrogens is 399 g/mol. The Kier molecular flexibility index (Phi) is 4.79. The van der Waals surface area contributed by atoms with Crippen LogP contribution >= 0.6 is 46.6 Å². The second-order valence-corrected chi connectivity index (χ2v) is 6.32. The maximum absolute atomic E-state index is 13.0. The molecule has 0 aromatic heterocycles. The Labute approximate surface area is 139 Å². The molecule has 22 heavy (non-hydrogen) atoms. The lowest BCUT2D eigenvalue weighted by molar-refractivity contribution is -0.131. The monoisotopic (exact) mass is 401 g/mol. The minimum Gasteiger partial charge on any atom is -0.313 e. The Bertz CT molecular complexity index is 604. The van der Waals surface area contributed by atoms with Gasteiger partial charge in [0.1, 0.15) is 5.70 Å². The van der Waals surface area contributed by atoms with Crippen LogP contribution in [0.4, 0.5) is 32.0 Å². The van der Waals surface area contributed by atoms with Gasteiger partial charge in [0.05, 0.1) is 15.7 Å². The van der Waals surface area contributed by atoms with E-state index < -0.39 is 39.2 Å². The number of rotatable bonds is 1. The van der Waals surface area contributed by atoms with Crippen molar-refractivity contribution in [2.75, 3.05) is 4.90 Å². The van der Waals surface area contributed by atoms with Crippen LogP contribution in [-0.2, 0) is 0 Å². The summed E-state index contributed by atoms with van der Waals surface area (Å²) < 4.78 is 78.1. The number of thioether (sulfide) groups is 1. The lowest BCUT2D eigenvalue weighted by Gasteiger charge is -2.32. The molecule has 11 heteroatoms. The molecule has 1 aliphatic rings. The van der Waals surface area contributed by atoms with Gasteiger partial charge in [0.2, 0.25) is 0 Å². The van der Waals surface area contributed by atoms with Crippen molar-refractivity contribution in [3.8, 4) is 0 Å². The summed E-state index contributed by atoms with van der Waals surface area (Å²) in [5, 5.41) is -2.93. The third-order valence-corrected chi connectivity index (χ3v) is 4.49. The van der Waals surface area contributed by atoms with Crippen LogP contribution in [-0.4, -0.2) is 17.7 Å². The maximum atomic E-state index is 13.0. The molecule has 2 rings (SSSR count). The standard InChI is InChI=1S/C11H4Cl3F6NS/c12-4-1-5(13)8(6(14)2-4)21-7(10(15,16)17)3-22-9(21)11(18,19)20/h1-3,9H. The van der Waals surface area contributed by atoms with E-state index in [-0.39, 0.29) is 21.7 Å². The largest absolute Gasteiger partial charge is 0.431 e. The van der Waals surface area contributed by atoms with Gasteiger partial charge in [-0.2, -0.15) is 26.3 Å². The number of nitrogens with zero attached hydrogens (tertiary/aromatic N) is 1. The highest BCUT2D eigenvalue weighted by Crippen LogP contribution is 2.51. The molecule has 0 N–H and O–H groups in total. The van der Waals surface area contributed by atoms with E-state index in [1.54, 1.807) is 0 Å². The van der Waals surface area contributed by atoms with Crippen LogP contribution in [0.15, 0.2) is 23.2 Å². The SMILES string of the molecule is FC(F)(F)C1=CSC(C(F)(F)F)N1c1c(Cl)cc(Cl)cc1Cl. The quantitative estimate of drug-likeness (QED) is 0.494. The Hall–Kier alpha value is -0.440. The number of alkyl halides is 6. The normalized spacial score (nSPS) is 19.6. The molecule has 0 saturated carbocycles. The third kappa shape index (κ3) is 3.39. The average Bonchev–Trinajstić information content (AvgIpc) is 2.70. The number of hydrogen-bond donors (Lipinski definition) is 0. The fourth-order valence-corrected chi connectivity index (χ4v) is 3.80. The summed E-state index contributed by atoms with van der Waals surface area (Å²) >= 11 is 17.1. The number of halogens is 9. The second-order valence-electron chi connectivity index (χ2n) is 4.12. The summed E-state index contributed by atoms with van der Waals surface area (Å²) in [6, 6.07) is 2.05. The zero-order valence-electron chi connectivity index (χ0n) is 10.1. The number of allylic oxidation sites excluding steroid dienone is 1. The highest BCUT2D eigenvalue weighted by molar-refractivity contribution is 8.03. The van der Waals surface area contributed by atoms with E-state index >= 15 is 0 Å². The molecule has 1 heterocycles. The molecule has 0 radical (unpaired) electrons. The molecule has 122 valence electrons. The first-order valence-corrected chi connectivity index (χ1v) is 7.44. The molecule has 0 fully saturated rings. The summed E-state index contributed by atoms with van der Waals surface area (Å²) in [4.78, 5) is 0.0334. The first kappa shape index (κ1) is 17.9. The van der Waals surface area contributed by atoms with E-state index in [1.807, 2.05) is 0 Å². The zero-order chi connectivity index (χ0) is 16.9. The van der Waals surface area contributed by atoms with Gasteiger partial charge in [0.15, 0.2) is 5.37 Å². The van der Waals surface area contributed by atoms with Crippen molar-refractivity contribution in [2.24, 2.45) is 0 Å². The summed E-state index contributed by atoms with van der Waals surface area (Å²) in [6.45, 7) is 0. The topological polar surface area (TPSA) is 3.24 Å². The summed E-state index contributed by atoms with van der Waals surface area (Å²) in [7, 11) is 0. The second kappa shape index (κ2) is 5.89. The molecule has 0 saturated heterocycles. The maximum Gasteiger partial charge on any atom is 0.431 e. The fraction of sp³-hybridized carbons (Fsp3) is 0.273. The smallest absolute Gasteiger partial charge is 0.313 e. The van der Waals surface area contributed by atoms with Crippen molar-refractivity contribution in [3.63, 3.8) is 0 Å². The Morgan fingerprint density at radius 3 is 1.86 bits per heavy atom. The van der Waals surface area contributed by atoms with Crippen LogP contribution in [0.5, 0.6) is 0 Å². The highest BCUT2D eigenvalue weighted by atomic mass is 35.5. The lowest BCUT2D eigenvalue weighted by atomic mass is 10.2. The molecule has 0 amide bonds. The Morgan fingerprint density at radius 2 is 1.45 bits per heavy atom. The van der Waals surface area contributed by atoms with Crippen LogP contribution in [0, 0.1) is 0 Å². The minimum absolute atomic E-state index is 0.00769. The first-order chi connectivity index (χ1) is 9.93. The fourth-order valence-electron chi connectivity index (χ4n) is 1.80. The Balaban J connectivity index is 2.63. The van der Waals surface area contributed by atoms with Gasteiger partial charge in [0, 0.05) is 10.4 Å². The first-order valence-electron chi connectivity index (χ1n) is 5.36. The number of benzene rings is 1.